The Labute approximate surface area is 102 Å². The van der Waals surface area contributed by atoms with E-state index in [0.29, 0.717) is 12.5 Å². The highest BCUT2D eigenvalue weighted by molar-refractivity contribution is 5.94. The largest absolute Gasteiger partial charge is 0.342 e. The molecule has 0 aliphatic carbocycles. The molecule has 0 heterocycles. The van der Waals surface area contributed by atoms with E-state index in [9.17, 15) is 9.18 Å². The summed E-state index contributed by atoms with van der Waals surface area (Å²) in [6, 6.07) is 4.61. The third-order valence-corrected chi connectivity index (χ3v) is 2.74. The average molecular weight is 237 g/mol. The molecule has 2 nitrogen and oxygen atoms in total. The highest BCUT2D eigenvalue weighted by Crippen LogP contribution is 2.13. The van der Waals surface area contributed by atoms with Crippen LogP contribution in [0.1, 0.15) is 36.2 Å². The molecule has 1 aromatic carbocycles. The first-order valence-electron chi connectivity index (χ1n) is 5.93. The molecule has 1 rings (SSSR count). The van der Waals surface area contributed by atoms with E-state index in [4.69, 9.17) is 0 Å². The van der Waals surface area contributed by atoms with Crippen molar-refractivity contribution in [2.75, 3.05) is 13.6 Å². The Morgan fingerprint density at radius 1 is 1.41 bits per heavy atom. The number of hydrogen-bond acceptors (Lipinski definition) is 1. The third-order valence-electron chi connectivity index (χ3n) is 2.74. The Kier molecular flexibility index (Phi) is 4.67. The van der Waals surface area contributed by atoms with Gasteiger partial charge in [0.25, 0.3) is 5.91 Å². The summed E-state index contributed by atoms with van der Waals surface area (Å²) in [5.41, 5.74) is 1.06. The lowest BCUT2D eigenvalue weighted by molar-refractivity contribution is 0.0784. The summed E-state index contributed by atoms with van der Waals surface area (Å²) in [4.78, 5) is 13.6. The van der Waals surface area contributed by atoms with E-state index in [1.165, 1.54) is 6.07 Å². The number of halogens is 1. The maximum Gasteiger partial charge on any atom is 0.256 e. The molecule has 0 aliphatic rings. The fourth-order valence-corrected chi connectivity index (χ4v) is 1.56. The zero-order valence-electron chi connectivity index (χ0n) is 11.0. The van der Waals surface area contributed by atoms with Crippen LogP contribution in [0.5, 0.6) is 0 Å². The number of nitrogens with zero attached hydrogens (tertiary/aromatic N) is 1. The summed E-state index contributed by atoms with van der Waals surface area (Å²) >= 11 is 0. The Balaban J connectivity index is 2.78. The van der Waals surface area contributed by atoms with Gasteiger partial charge >= 0.3 is 0 Å². The van der Waals surface area contributed by atoms with Crippen molar-refractivity contribution in [1.82, 2.24) is 4.90 Å². The van der Waals surface area contributed by atoms with Crippen LogP contribution < -0.4 is 0 Å². The number of aryl methyl sites for hydroxylation is 1. The van der Waals surface area contributed by atoms with Crippen molar-refractivity contribution in [3.05, 3.63) is 35.1 Å². The summed E-state index contributed by atoms with van der Waals surface area (Å²) < 4.78 is 13.5. The smallest absolute Gasteiger partial charge is 0.256 e. The number of carbonyl (C=O) groups is 1. The second kappa shape index (κ2) is 5.80. The molecule has 0 radical (unpaired) electrons. The minimum absolute atomic E-state index is 0.163. The summed E-state index contributed by atoms with van der Waals surface area (Å²) in [5.74, 6) is -0.156. The van der Waals surface area contributed by atoms with Gasteiger partial charge in [0.1, 0.15) is 5.82 Å². The maximum absolute atomic E-state index is 13.5. The predicted molar refractivity (Wildman–Crippen MR) is 67.6 cm³/mol. The number of rotatable bonds is 4. The molecule has 17 heavy (non-hydrogen) atoms. The van der Waals surface area contributed by atoms with Crippen molar-refractivity contribution in [2.45, 2.75) is 27.2 Å². The summed E-state index contributed by atoms with van der Waals surface area (Å²) in [6.45, 7) is 6.71. The van der Waals surface area contributed by atoms with E-state index in [1.54, 1.807) is 24.1 Å². The number of hydrogen-bond donors (Lipinski definition) is 0. The molecule has 0 aliphatic heterocycles. The van der Waals surface area contributed by atoms with Crippen LogP contribution in [0.4, 0.5) is 4.39 Å². The first-order chi connectivity index (χ1) is 7.91. The fraction of sp³-hybridized carbons (Fsp3) is 0.500. The quantitative estimate of drug-likeness (QED) is 0.787. The van der Waals surface area contributed by atoms with Crippen LogP contribution in [-0.4, -0.2) is 24.4 Å². The van der Waals surface area contributed by atoms with Gasteiger partial charge in [-0.3, -0.25) is 4.79 Å². The summed E-state index contributed by atoms with van der Waals surface area (Å²) in [5, 5.41) is 0. The SMILES string of the molecule is Cc1ccc(F)c(C(=O)N(C)CCC(C)C)c1. The number of amides is 1. The van der Waals surface area contributed by atoms with Gasteiger partial charge in [-0.25, -0.2) is 4.39 Å². The summed E-state index contributed by atoms with van der Waals surface area (Å²) in [6.07, 6.45) is 0.926. The van der Waals surface area contributed by atoms with Gasteiger partial charge in [-0.05, 0) is 31.4 Å². The summed E-state index contributed by atoms with van der Waals surface area (Å²) in [7, 11) is 1.71. The predicted octanol–water partition coefficient (Wildman–Crippen LogP) is 3.25. The standard InChI is InChI=1S/C14H20FNO/c1-10(2)7-8-16(4)14(17)12-9-11(3)5-6-13(12)15/h5-6,9-10H,7-8H2,1-4H3. The molecule has 0 saturated carbocycles. The molecule has 0 spiro atoms. The third kappa shape index (κ3) is 3.84. The lowest BCUT2D eigenvalue weighted by Crippen LogP contribution is -2.29. The Bertz CT molecular complexity index is 401. The van der Waals surface area contributed by atoms with Crippen molar-refractivity contribution in [1.29, 1.82) is 0 Å². The minimum Gasteiger partial charge on any atom is -0.342 e. The van der Waals surface area contributed by atoms with Gasteiger partial charge in [0.2, 0.25) is 0 Å². The molecule has 0 bridgehead atoms. The van der Waals surface area contributed by atoms with Crippen molar-refractivity contribution in [3.8, 4) is 0 Å². The lowest BCUT2D eigenvalue weighted by Gasteiger charge is -2.18. The highest BCUT2D eigenvalue weighted by Gasteiger charge is 2.16. The van der Waals surface area contributed by atoms with Crippen LogP contribution in [0.15, 0.2) is 18.2 Å². The van der Waals surface area contributed by atoms with Gasteiger partial charge in [-0.15, -0.1) is 0 Å². The zero-order valence-corrected chi connectivity index (χ0v) is 11.0. The molecule has 0 unspecified atom stereocenters. The minimum atomic E-state index is -0.447. The normalized spacial score (nSPS) is 10.7. The van der Waals surface area contributed by atoms with Crippen LogP contribution in [0, 0.1) is 18.7 Å². The molecule has 0 atom stereocenters. The molecule has 1 aromatic rings. The Hall–Kier alpha value is -1.38. The van der Waals surface area contributed by atoms with Crippen LogP contribution in [0.2, 0.25) is 0 Å². The molecule has 0 fully saturated rings. The second-order valence-corrected chi connectivity index (χ2v) is 4.89. The van der Waals surface area contributed by atoms with Crippen molar-refractivity contribution >= 4 is 5.91 Å². The monoisotopic (exact) mass is 237 g/mol. The van der Waals surface area contributed by atoms with Crippen molar-refractivity contribution < 1.29 is 9.18 Å². The molecule has 0 aromatic heterocycles. The molecular formula is C14H20FNO. The zero-order chi connectivity index (χ0) is 13.0. The van der Waals surface area contributed by atoms with Gasteiger partial charge in [0.05, 0.1) is 5.56 Å². The van der Waals surface area contributed by atoms with E-state index in [-0.39, 0.29) is 11.5 Å². The van der Waals surface area contributed by atoms with E-state index in [0.717, 1.165) is 12.0 Å². The van der Waals surface area contributed by atoms with Gasteiger partial charge in [-0.1, -0.05) is 25.5 Å². The van der Waals surface area contributed by atoms with Crippen molar-refractivity contribution in [3.63, 3.8) is 0 Å². The van der Waals surface area contributed by atoms with Crippen molar-refractivity contribution in [2.24, 2.45) is 5.92 Å². The van der Waals surface area contributed by atoms with E-state index in [1.807, 2.05) is 6.92 Å². The Morgan fingerprint density at radius 3 is 2.65 bits per heavy atom. The first kappa shape index (κ1) is 13.7. The molecule has 0 saturated heterocycles. The first-order valence-corrected chi connectivity index (χ1v) is 5.93. The average Bonchev–Trinajstić information content (AvgIpc) is 2.28. The van der Waals surface area contributed by atoms with Crippen LogP contribution in [-0.2, 0) is 0 Å². The van der Waals surface area contributed by atoms with Gasteiger partial charge in [-0.2, -0.15) is 0 Å². The molecule has 1 amide bonds. The Morgan fingerprint density at radius 2 is 2.06 bits per heavy atom. The van der Waals surface area contributed by atoms with Crippen LogP contribution in [0.25, 0.3) is 0 Å². The van der Waals surface area contributed by atoms with E-state index in [2.05, 4.69) is 13.8 Å². The molecular weight excluding hydrogens is 217 g/mol. The fourth-order valence-electron chi connectivity index (χ4n) is 1.56. The van der Waals surface area contributed by atoms with Crippen LogP contribution >= 0.6 is 0 Å². The van der Waals surface area contributed by atoms with E-state index < -0.39 is 5.82 Å². The highest BCUT2D eigenvalue weighted by atomic mass is 19.1. The topological polar surface area (TPSA) is 20.3 Å². The molecule has 94 valence electrons. The van der Waals surface area contributed by atoms with Gasteiger partial charge < -0.3 is 4.90 Å². The van der Waals surface area contributed by atoms with Gasteiger partial charge in [0, 0.05) is 13.6 Å². The van der Waals surface area contributed by atoms with Crippen LogP contribution in [0.3, 0.4) is 0 Å². The molecule has 0 N–H and O–H groups in total. The van der Waals surface area contributed by atoms with Gasteiger partial charge in [0.15, 0.2) is 0 Å². The maximum atomic E-state index is 13.5. The van der Waals surface area contributed by atoms with E-state index >= 15 is 0 Å². The number of carbonyl (C=O) groups excluding carboxylic acids is 1. The lowest BCUT2D eigenvalue weighted by atomic mass is 10.1. The second-order valence-electron chi connectivity index (χ2n) is 4.89. The molecule has 3 heteroatoms. The number of benzene rings is 1.